The molecule has 2 atom stereocenters. The Morgan fingerprint density at radius 2 is 1.26 bits per heavy atom. The van der Waals surface area contributed by atoms with Crippen LogP contribution in [0.15, 0.2) is 79.4 Å². The van der Waals surface area contributed by atoms with E-state index in [-0.39, 0.29) is 6.04 Å². The Bertz CT molecular complexity index is 665. The highest BCUT2D eigenvalue weighted by molar-refractivity contribution is 5.30. The lowest BCUT2D eigenvalue weighted by atomic mass is 9.99. The second-order valence-corrected chi connectivity index (χ2v) is 5.33. The number of nitrogens with zero attached hydrogens (tertiary/aromatic N) is 2. The summed E-state index contributed by atoms with van der Waals surface area (Å²) < 4.78 is 0. The fraction of sp³-hybridized carbons (Fsp3) is 0.158. The molecule has 3 aromatic rings. The number of hydrogen-bond acceptors (Lipinski definition) is 4. The van der Waals surface area contributed by atoms with Crippen molar-refractivity contribution >= 4 is 0 Å². The van der Waals surface area contributed by atoms with Gasteiger partial charge in [-0.25, -0.2) is 0 Å². The first kappa shape index (κ1) is 15.3. The molecule has 0 saturated carbocycles. The average molecular weight is 305 g/mol. The highest BCUT2D eigenvalue weighted by Crippen LogP contribution is 2.22. The Hall–Kier alpha value is -2.56. The molecule has 0 spiro atoms. The van der Waals surface area contributed by atoms with Crippen LogP contribution in [-0.4, -0.2) is 21.6 Å². The van der Waals surface area contributed by atoms with Crippen LogP contribution in [0.25, 0.3) is 0 Å². The van der Waals surface area contributed by atoms with Gasteiger partial charge in [0.05, 0.1) is 12.1 Å². The lowest BCUT2D eigenvalue weighted by Crippen LogP contribution is -2.27. The summed E-state index contributed by atoms with van der Waals surface area (Å²) in [5, 5.41) is 13.8. The van der Waals surface area contributed by atoms with Gasteiger partial charge in [-0.05, 0) is 41.0 Å². The Morgan fingerprint density at radius 3 is 1.87 bits per heavy atom. The molecule has 0 aliphatic heterocycles. The molecule has 2 aromatic heterocycles. The van der Waals surface area contributed by atoms with E-state index in [1.54, 1.807) is 24.8 Å². The number of aliphatic hydroxyl groups excluding tert-OH is 1. The summed E-state index contributed by atoms with van der Waals surface area (Å²) in [6.07, 6.45) is 6.37. The van der Waals surface area contributed by atoms with E-state index in [1.165, 1.54) is 0 Å². The smallest absolute Gasteiger partial charge is 0.0915 e. The van der Waals surface area contributed by atoms with E-state index in [9.17, 15) is 5.11 Å². The standard InChI is InChI=1S/C19H19N3O/c23-18(15-6-10-20-11-7-15)14-22-19(16-4-2-1-3-5-16)17-8-12-21-13-9-17/h1-13,18-19,22-23H,14H2/t18-,19-/m0/s1. The zero-order chi connectivity index (χ0) is 15.9. The van der Waals surface area contributed by atoms with Crippen LogP contribution in [0.2, 0.25) is 0 Å². The maximum atomic E-state index is 10.4. The van der Waals surface area contributed by atoms with Crippen molar-refractivity contribution in [1.82, 2.24) is 15.3 Å². The maximum absolute atomic E-state index is 10.4. The highest BCUT2D eigenvalue weighted by Gasteiger charge is 2.15. The van der Waals surface area contributed by atoms with Crippen molar-refractivity contribution < 1.29 is 5.11 Å². The van der Waals surface area contributed by atoms with Gasteiger partial charge in [-0.2, -0.15) is 0 Å². The van der Waals surface area contributed by atoms with Crippen LogP contribution in [0.3, 0.4) is 0 Å². The molecule has 0 amide bonds. The molecular weight excluding hydrogens is 286 g/mol. The van der Waals surface area contributed by atoms with Crippen molar-refractivity contribution in [3.05, 3.63) is 96.1 Å². The number of pyridine rings is 2. The number of hydrogen-bond donors (Lipinski definition) is 2. The van der Waals surface area contributed by atoms with Gasteiger partial charge in [0.15, 0.2) is 0 Å². The summed E-state index contributed by atoms with van der Waals surface area (Å²) in [7, 11) is 0. The van der Waals surface area contributed by atoms with E-state index in [4.69, 9.17) is 0 Å². The average Bonchev–Trinajstić information content (AvgIpc) is 2.64. The topological polar surface area (TPSA) is 58.0 Å². The zero-order valence-corrected chi connectivity index (χ0v) is 12.7. The highest BCUT2D eigenvalue weighted by atomic mass is 16.3. The third-order valence-corrected chi connectivity index (χ3v) is 3.78. The van der Waals surface area contributed by atoms with Crippen molar-refractivity contribution in [2.75, 3.05) is 6.54 Å². The molecule has 3 rings (SSSR count). The van der Waals surface area contributed by atoms with Gasteiger partial charge in [0.25, 0.3) is 0 Å². The largest absolute Gasteiger partial charge is 0.387 e. The number of benzene rings is 1. The van der Waals surface area contributed by atoms with Gasteiger partial charge >= 0.3 is 0 Å². The molecule has 0 bridgehead atoms. The Labute approximate surface area is 135 Å². The van der Waals surface area contributed by atoms with Crippen molar-refractivity contribution in [1.29, 1.82) is 0 Å². The van der Waals surface area contributed by atoms with E-state index < -0.39 is 6.10 Å². The lowest BCUT2D eigenvalue weighted by molar-refractivity contribution is 0.172. The predicted molar refractivity (Wildman–Crippen MR) is 89.7 cm³/mol. The van der Waals surface area contributed by atoms with Gasteiger partial charge in [-0.3, -0.25) is 9.97 Å². The molecule has 2 N–H and O–H groups in total. The Balaban J connectivity index is 1.77. The van der Waals surface area contributed by atoms with Gasteiger partial charge in [-0.15, -0.1) is 0 Å². The van der Waals surface area contributed by atoms with Crippen molar-refractivity contribution in [2.24, 2.45) is 0 Å². The van der Waals surface area contributed by atoms with Crippen LogP contribution in [0, 0.1) is 0 Å². The summed E-state index contributed by atoms with van der Waals surface area (Å²) in [6.45, 7) is 0.450. The van der Waals surface area contributed by atoms with Gasteiger partial charge in [0, 0.05) is 31.3 Å². The molecule has 4 nitrogen and oxygen atoms in total. The van der Waals surface area contributed by atoms with Crippen molar-refractivity contribution in [2.45, 2.75) is 12.1 Å². The first-order valence-electron chi connectivity index (χ1n) is 7.61. The summed E-state index contributed by atoms with van der Waals surface area (Å²) in [5.74, 6) is 0. The quantitative estimate of drug-likeness (QED) is 0.735. The normalized spacial score (nSPS) is 13.4. The molecule has 0 saturated heterocycles. The molecule has 0 unspecified atom stereocenters. The number of rotatable bonds is 6. The molecule has 1 aromatic carbocycles. The Kier molecular flexibility index (Phi) is 5.09. The van der Waals surface area contributed by atoms with Crippen LogP contribution in [-0.2, 0) is 0 Å². The minimum absolute atomic E-state index is 0.00990. The molecule has 116 valence electrons. The fourth-order valence-corrected chi connectivity index (χ4v) is 2.56. The molecule has 4 heteroatoms. The maximum Gasteiger partial charge on any atom is 0.0915 e. The first-order chi connectivity index (χ1) is 11.3. The van der Waals surface area contributed by atoms with Crippen LogP contribution in [0.5, 0.6) is 0 Å². The van der Waals surface area contributed by atoms with Gasteiger partial charge in [0.1, 0.15) is 0 Å². The molecule has 0 fully saturated rings. The number of aliphatic hydroxyl groups is 1. The van der Waals surface area contributed by atoms with E-state index in [2.05, 4.69) is 27.4 Å². The van der Waals surface area contributed by atoms with Crippen LogP contribution < -0.4 is 5.32 Å². The monoisotopic (exact) mass is 305 g/mol. The molecular formula is C19H19N3O. The molecule has 2 heterocycles. The zero-order valence-electron chi connectivity index (χ0n) is 12.7. The van der Waals surface area contributed by atoms with Gasteiger partial charge in [-0.1, -0.05) is 30.3 Å². The minimum Gasteiger partial charge on any atom is -0.387 e. The molecule has 0 aliphatic carbocycles. The lowest BCUT2D eigenvalue weighted by Gasteiger charge is -2.22. The van der Waals surface area contributed by atoms with Crippen LogP contribution in [0.1, 0.15) is 28.8 Å². The predicted octanol–water partition coefficient (Wildman–Crippen LogP) is 2.89. The summed E-state index contributed by atoms with van der Waals surface area (Å²) in [5.41, 5.74) is 3.13. The van der Waals surface area contributed by atoms with E-state index in [1.807, 2.05) is 42.5 Å². The third-order valence-electron chi connectivity index (χ3n) is 3.78. The summed E-state index contributed by atoms with van der Waals surface area (Å²) in [4.78, 5) is 8.06. The molecule has 0 radical (unpaired) electrons. The van der Waals surface area contributed by atoms with Gasteiger partial charge in [0.2, 0.25) is 0 Å². The van der Waals surface area contributed by atoms with Gasteiger partial charge < -0.3 is 10.4 Å². The summed E-state index contributed by atoms with van der Waals surface area (Å²) >= 11 is 0. The van der Waals surface area contributed by atoms with Crippen molar-refractivity contribution in [3.8, 4) is 0 Å². The third kappa shape index (κ3) is 4.00. The van der Waals surface area contributed by atoms with E-state index in [0.717, 1.165) is 16.7 Å². The number of nitrogens with one attached hydrogen (secondary N) is 1. The fourth-order valence-electron chi connectivity index (χ4n) is 2.56. The van der Waals surface area contributed by atoms with Crippen LogP contribution >= 0.6 is 0 Å². The molecule has 23 heavy (non-hydrogen) atoms. The van der Waals surface area contributed by atoms with E-state index >= 15 is 0 Å². The molecule has 0 aliphatic rings. The van der Waals surface area contributed by atoms with Crippen LogP contribution in [0.4, 0.5) is 0 Å². The Morgan fingerprint density at radius 1 is 0.739 bits per heavy atom. The van der Waals surface area contributed by atoms with Crippen molar-refractivity contribution in [3.63, 3.8) is 0 Å². The minimum atomic E-state index is -0.578. The summed E-state index contributed by atoms with van der Waals surface area (Å²) in [6, 6.07) is 17.8. The second kappa shape index (κ2) is 7.63. The SMILES string of the molecule is O[C@@H](CN[C@@H](c1ccccc1)c1ccncc1)c1ccncc1. The second-order valence-electron chi connectivity index (χ2n) is 5.33. The number of aromatic nitrogens is 2. The first-order valence-corrected chi connectivity index (χ1v) is 7.61. The van der Waals surface area contributed by atoms with E-state index in [0.29, 0.717) is 6.54 Å².